The molecule has 1 aliphatic heterocycles. The third-order valence-corrected chi connectivity index (χ3v) is 4.48. The first kappa shape index (κ1) is 18.9. The number of hydrogen-bond donors (Lipinski definition) is 2. The number of hydrogen-bond acceptors (Lipinski definition) is 4. The van der Waals surface area contributed by atoms with Crippen LogP contribution in [0.2, 0.25) is 0 Å². The summed E-state index contributed by atoms with van der Waals surface area (Å²) < 4.78 is 40.9. The predicted molar refractivity (Wildman–Crippen MR) is 92.4 cm³/mol. The molecule has 0 unspecified atom stereocenters. The Morgan fingerprint density at radius 1 is 1.15 bits per heavy atom. The van der Waals surface area contributed by atoms with E-state index < -0.39 is 30.0 Å². The Kier molecular flexibility index (Phi) is 4.47. The van der Waals surface area contributed by atoms with Crippen LogP contribution in [0.1, 0.15) is 33.5 Å². The van der Waals surface area contributed by atoms with Crippen molar-refractivity contribution in [1.29, 1.82) is 0 Å². The molecule has 0 bridgehead atoms. The number of phenolic OH excluding ortho intramolecular Hbond substituents is 1. The van der Waals surface area contributed by atoms with E-state index in [-0.39, 0.29) is 16.3 Å². The number of phenols is 1. The van der Waals surface area contributed by atoms with Crippen molar-refractivity contribution >= 4 is 11.6 Å². The summed E-state index contributed by atoms with van der Waals surface area (Å²) in [5.74, 6) is -1.69. The minimum atomic E-state index is -5.14. The minimum Gasteiger partial charge on any atom is -0.507 e. The fraction of sp³-hybridized carbons (Fsp3) is 0.263. The number of para-hydroxylation sites is 1. The molecular weight excluding hydrogens is 361 g/mol. The number of carbonyl (C=O) groups excluding carboxylic acids is 1. The SMILES string of the molecule is Cc1ccc(C2=NN(C(=O)c3cccc(C)c3O)[C@@](O)(C(F)(F)F)C2)cc1. The number of aryl methyl sites for hydroxylation is 2. The van der Waals surface area contributed by atoms with Crippen LogP contribution in [0, 0.1) is 13.8 Å². The largest absolute Gasteiger partial charge is 0.507 e. The molecule has 0 fully saturated rings. The molecule has 0 saturated heterocycles. The van der Waals surface area contributed by atoms with Gasteiger partial charge in [0.25, 0.3) is 11.6 Å². The van der Waals surface area contributed by atoms with Gasteiger partial charge in [0.1, 0.15) is 5.75 Å². The number of benzene rings is 2. The van der Waals surface area contributed by atoms with Gasteiger partial charge < -0.3 is 10.2 Å². The fourth-order valence-corrected chi connectivity index (χ4v) is 2.83. The highest BCUT2D eigenvalue weighted by atomic mass is 19.4. The molecule has 27 heavy (non-hydrogen) atoms. The Labute approximate surface area is 153 Å². The minimum absolute atomic E-state index is 0.0106. The van der Waals surface area contributed by atoms with Crippen molar-refractivity contribution in [2.24, 2.45) is 5.10 Å². The van der Waals surface area contributed by atoms with Crippen molar-refractivity contribution < 1.29 is 28.2 Å². The number of rotatable bonds is 2. The van der Waals surface area contributed by atoms with E-state index in [1.54, 1.807) is 24.3 Å². The number of amides is 1. The van der Waals surface area contributed by atoms with E-state index in [0.717, 1.165) is 5.56 Å². The molecule has 1 heterocycles. The highest BCUT2D eigenvalue weighted by molar-refractivity contribution is 6.06. The molecule has 0 radical (unpaired) electrons. The van der Waals surface area contributed by atoms with Gasteiger partial charge in [0.05, 0.1) is 17.7 Å². The second kappa shape index (κ2) is 6.38. The van der Waals surface area contributed by atoms with Crippen molar-refractivity contribution in [2.75, 3.05) is 0 Å². The highest BCUT2D eigenvalue weighted by Crippen LogP contribution is 2.42. The highest BCUT2D eigenvalue weighted by Gasteiger charge is 2.63. The number of halogens is 3. The van der Waals surface area contributed by atoms with Crippen LogP contribution in [-0.4, -0.2) is 38.7 Å². The molecule has 142 valence electrons. The summed E-state index contributed by atoms with van der Waals surface area (Å²) in [5.41, 5.74) is -2.35. The molecule has 3 rings (SSSR count). The Balaban J connectivity index is 2.09. The number of nitrogens with zero attached hydrogens (tertiary/aromatic N) is 2. The summed E-state index contributed by atoms with van der Waals surface area (Å²) in [6.07, 6.45) is -6.05. The maximum Gasteiger partial charge on any atom is 0.438 e. The molecule has 1 atom stereocenters. The van der Waals surface area contributed by atoms with Gasteiger partial charge in [-0.05, 0) is 31.0 Å². The van der Waals surface area contributed by atoms with Crippen LogP contribution in [0.25, 0.3) is 0 Å². The van der Waals surface area contributed by atoms with Gasteiger partial charge in [0.2, 0.25) is 0 Å². The molecule has 8 heteroatoms. The molecule has 0 saturated carbocycles. The predicted octanol–water partition coefficient (Wildman–Crippen LogP) is 3.51. The Bertz CT molecular complexity index is 923. The molecule has 1 aliphatic rings. The first-order valence-corrected chi connectivity index (χ1v) is 8.11. The van der Waals surface area contributed by atoms with Gasteiger partial charge in [0, 0.05) is 0 Å². The van der Waals surface area contributed by atoms with Gasteiger partial charge in [-0.2, -0.15) is 23.3 Å². The van der Waals surface area contributed by atoms with Gasteiger partial charge in [-0.1, -0.05) is 42.0 Å². The van der Waals surface area contributed by atoms with Crippen LogP contribution in [0.3, 0.4) is 0 Å². The summed E-state index contributed by atoms with van der Waals surface area (Å²) in [5, 5.41) is 24.2. The Morgan fingerprint density at radius 3 is 2.37 bits per heavy atom. The molecular formula is C19H17F3N2O3. The molecule has 0 spiro atoms. The third kappa shape index (κ3) is 3.16. The molecule has 0 aliphatic carbocycles. The zero-order valence-electron chi connectivity index (χ0n) is 14.6. The normalized spacial score (nSPS) is 19.9. The van der Waals surface area contributed by atoms with Crippen LogP contribution in [0.5, 0.6) is 5.75 Å². The average Bonchev–Trinajstić information content (AvgIpc) is 2.96. The lowest BCUT2D eigenvalue weighted by molar-refractivity contribution is -0.297. The molecule has 2 aromatic rings. The standard InChI is InChI=1S/C19H17F3N2O3/c1-11-6-8-13(9-7-11)15-10-18(27,19(20,21)22)24(23-15)17(26)14-5-3-4-12(2)16(14)25/h3-9,25,27H,10H2,1-2H3/t18-/m0/s1. The summed E-state index contributed by atoms with van der Waals surface area (Å²) in [6, 6.07) is 10.7. The van der Waals surface area contributed by atoms with Gasteiger partial charge in [-0.3, -0.25) is 4.79 Å². The third-order valence-electron chi connectivity index (χ3n) is 4.48. The Morgan fingerprint density at radius 2 is 1.78 bits per heavy atom. The van der Waals surface area contributed by atoms with E-state index in [4.69, 9.17) is 0 Å². The van der Waals surface area contributed by atoms with Crippen LogP contribution >= 0.6 is 0 Å². The zero-order chi connectivity index (χ0) is 20.0. The quantitative estimate of drug-likeness (QED) is 0.840. The van der Waals surface area contributed by atoms with E-state index in [1.165, 1.54) is 25.1 Å². The molecule has 2 N–H and O–H groups in total. The second-order valence-electron chi connectivity index (χ2n) is 6.49. The number of aromatic hydroxyl groups is 1. The number of carbonyl (C=O) groups is 1. The van der Waals surface area contributed by atoms with Crippen molar-refractivity contribution in [1.82, 2.24) is 5.01 Å². The monoisotopic (exact) mass is 378 g/mol. The zero-order valence-corrected chi connectivity index (χ0v) is 14.6. The van der Waals surface area contributed by atoms with E-state index in [0.29, 0.717) is 11.1 Å². The summed E-state index contributed by atoms with van der Waals surface area (Å²) in [7, 11) is 0. The van der Waals surface area contributed by atoms with Crippen LogP contribution < -0.4 is 0 Å². The average molecular weight is 378 g/mol. The van der Waals surface area contributed by atoms with Gasteiger partial charge >= 0.3 is 6.18 Å². The van der Waals surface area contributed by atoms with Crippen molar-refractivity contribution in [3.8, 4) is 5.75 Å². The van der Waals surface area contributed by atoms with E-state index >= 15 is 0 Å². The van der Waals surface area contributed by atoms with Crippen LogP contribution in [-0.2, 0) is 0 Å². The number of alkyl halides is 3. The Hall–Kier alpha value is -2.87. The van der Waals surface area contributed by atoms with Crippen LogP contribution in [0.15, 0.2) is 47.6 Å². The maximum absolute atomic E-state index is 13.6. The molecule has 5 nitrogen and oxygen atoms in total. The fourth-order valence-electron chi connectivity index (χ4n) is 2.83. The van der Waals surface area contributed by atoms with Crippen LogP contribution in [0.4, 0.5) is 13.2 Å². The second-order valence-corrected chi connectivity index (χ2v) is 6.49. The van der Waals surface area contributed by atoms with E-state index in [9.17, 15) is 28.2 Å². The summed E-state index contributed by atoms with van der Waals surface area (Å²) in [6.45, 7) is 3.33. The molecule has 0 aromatic heterocycles. The topological polar surface area (TPSA) is 73.1 Å². The van der Waals surface area contributed by atoms with E-state index in [1.807, 2.05) is 6.92 Å². The first-order chi connectivity index (χ1) is 12.5. The van der Waals surface area contributed by atoms with Gasteiger partial charge in [-0.25, -0.2) is 0 Å². The maximum atomic E-state index is 13.6. The molecule has 2 aromatic carbocycles. The smallest absolute Gasteiger partial charge is 0.438 e. The summed E-state index contributed by atoms with van der Waals surface area (Å²) >= 11 is 0. The lowest BCUT2D eigenvalue weighted by atomic mass is 9.99. The van der Waals surface area contributed by atoms with Gasteiger partial charge in [-0.15, -0.1) is 0 Å². The van der Waals surface area contributed by atoms with Gasteiger partial charge in [0.15, 0.2) is 0 Å². The van der Waals surface area contributed by atoms with Crippen molar-refractivity contribution in [3.63, 3.8) is 0 Å². The van der Waals surface area contributed by atoms with E-state index in [2.05, 4.69) is 5.10 Å². The van der Waals surface area contributed by atoms with Crippen molar-refractivity contribution in [3.05, 3.63) is 64.7 Å². The number of hydrazone groups is 1. The lowest BCUT2D eigenvalue weighted by Crippen LogP contribution is -2.56. The van der Waals surface area contributed by atoms with Crippen molar-refractivity contribution in [2.45, 2.75) is 32.2 Å². The lowest BCUT2D eigenvalue weighted by Gasteiger charge is -2.32. The summed E-state index contributed by atoms with van der Waals surface area (Å²) in [4.78, 5) is 12.7. The molecule has 1 amide bonds. The number of aliphatic hydroxyl groups is 1. The first-order valence-electron chi connectivity index (χ1n) is 8.11.